The van der Waals surface area contributed by atoms with Crippen LogP contribution in [0.3, 0.4) is 0 Å². The second-order valence-electron chi connectivity index (χ2n) is 3.68. The molecule has 1 atom stereocenters. The Hall–Kier alpha value is -1.31. The molecule has 1 heterocycles. The third-order valence-electron chi connectivity index (χ3n) is 2.71. The zero-order valence-corrected chi connectivity index (χ0v) is 8.16. The first-order valence-electron chi connectivity index (χ1n) is 4.49. The second-order valence-corrected chi connectivity index (χ2v) is 3.68. The van der Waals surface area contributed by atoms with Gasteiger partial charge in [-0.3, -0.25) is 4.79 Å². The van der Waals surface area contributed by atoms with Gasteiger partial charge in [0, 0.05) is 12.7 Å². The minimum atomic E-state index is 0.0283. The molecule has 0 N–H and O–H groups in total. The fraction of sp³-hybridized carbons (Fsp3) is 0.364. The summed E-state index contributed by atoms with van der Waals surface area (Å²) in [7, 11) is 1.84. The summed E-state index contributed by atoms with van der Waals surface area (Å²) in [4.78, 5) is 13.3. The summed E-state index contributed by atoms with van der Waals surface area (Å²) in [5, 5.41) is 0. The summed E-state index contributed by atoms with van der Waals surface area (Å²) in [6.07, 6.45) is 0. The first-order chi connectivity index (χ1) is 6.11. The molecule has 0 spiro atoms. The van der Waals surface area contributed by atoms with Crippen LogP contribution >= 0.6 is 0 Å². The van der Waals surface area contributed by atoms with Gasteiger partial charge in [-0.05, 0) is 31.0 Å². The zero-order chi connectivity index (χ0) is 9.59. The summed E-state index contributed by atoms with van der Waals surface area (Å²) in [5.74, 6) is 0.223. The number of benzene rings is 1. The smallest absolute Gasteiger partial charge is 0.234 e. The van der Waals surface area contributed by atoms with Gasteiger partial charge in [-0.25, -0.2) is 0 Å². The van der Waals surface area contributed by atoms with Crippen molar-refractivity contribution < 1.29 is 4.79 Å². The van der Waals surface area contributed by atoms with Crippen molar-refractivity contribution in [3.05, 3.63) is 29.3 Å². The predicted octanol–water partition coefficient (Wildman–Crippen LogP) is 2.07. The van der Waals surface area contributed by atoms with Crippen LogP contribution in [-0.4, -0.2) is 13.0 Å². The minimum absolute atomic E-state index is 0.0283. The number of nitrogens with zero attached hydrogens (tertiary/aromatic N) is 1. The molecule has 1 aliphatic heterocycles. The van der Waals surface area contributed by atoms with E-state index in [9.17, 15) is 4.79 Å². The highest BCUT2D eigenvalue weighted by Gasteiger charge is 2.31. The molecule has 68 valence electrons. The summed E-state index contributed by atoms with van der Waals surface area (Å²) in [6.45, 7) is 4.00. The molecular weight excluding hydrogens is 162 g/mol. The molecule has 0 bridgehead atoms. The Morgan fingerprint density at radius 3 is 2.77 bits per heavy atom. The molecule has 2 rings (SSSR count). The van der Waals surface area contributed by atoms with Gasteiger partial charge < -0.3 is 4.90 Å². The second kappa shape index (κ2) is 2.59. The highest BCUT2D eigenvalue weighted by atomic mass is 16.2. The van der Waals surface area contributed by atoms with Crippen molar-refractivity contribution in [2.45, 2.75) is 19.8 Å². The Bertz CT molecular complexity index is 370. The van der Waals surface area contributed by atoms with Crippen LogP contribution in [0.4, 0.5) is 5.69 Å². The summed E-state index contributed by atoms with van der Waals surface area (Å²) >= 11 is 0. The van der Waals surface area contributed by atoms with E-state index in [4.69, 9.17) is 0 Å². The van der Waals surface area contributed by atoms with Gasteiger partial charge >= 0.3 is 0 Å². The molecule has 1 amide bonds. The Labute approximate surface area is 78.2 Å². The number of carbonyl (C=O) groups excluding carboxylic acids is 1. The lowest BCUT2D eigenvalue weighted by Gasteiger charge is -2.09. The number of rotatable bonds is 0. The van der Waals surface area contributed by atoms with Gasteiger partial charge in [0.1, 0.15) is 0 Å². The minimum Gasteiger partial charge on any atom is -0.315 e. The summed E-state index contributed by atoms with van der Waals surface area (Å²) < 4.78 is 0. The Morgan fingerprint density at radius 2 is 2.08 bits per heavy atom. The van der Waals surface area contributed by atoms with Crippen LogP contribution in [0, 0.1) is 6.92 Å². The van der Waals surface area contributed by atoms with E-state index in [1.165, 1.54) is 5.56 Å². The van der Waals surface area contributed by atoms with Gasteiger partial charge in [-0.1, -0.05) is 12.1 Å². The van der Waals surface area contributed by atoms with Crippen LogP contribution in [0.5, 0.6) is 0 Å². The van der Waals surface area contributed by atoms with E-state index < -0.39 is 0 Å². The highest BCUT2D eigenvalue weighted by molar-refractivity contribution is 6.04. The predicted molar refractivity (Wildman–Crippen MR) is 53.0 cm³/mol. The first-order valence-corrected chi connectivity index (χ1v) is 4.49. The van der Waals surface area contributed by atoms with E-state index in [1.54, 1.807) is 4.90 Å². The van der Waals surface area contributed by atoms with Crippen LogP contribution in [0.2, 0.25) is 0 Å². The fourth-order valence-electron chi connectivity index (χ4n) is 1.85. The maximum Gasteiger partial charge on any atom is 0.234 e. The van der Waals surface area contributed by atoms with Crippen LogP contribution in [0.15, 0.2) is 18.2 Å². The normalized spacial score (nSPS) is 20.7. The standard InChI is InChI=1S/C11H13NO/c1-7-4-5-9-8(2)11(13)12(3)10(9)6-7/h4-6,8H,1-3H3/t8-/m1/s1. The van der Waals surface area contributed by atoms with Crippen molar-refractivity contribution in [3.63, 3.8) is 0 Å². The zero-order valence-electron chi connectivity index (χ0n) is 8.16. The van der Waals surface area contributed by atoms with Crippen molar-refractivity contribution in [3.8, 4) is 0 Å². The van der Waals surface area contributed by atoms with Gasteiger partial charge in [0.05, 0.1) is 5.92 Å². The van der Waals surface area contributed by atoms with Crippen molar-refractivity contribution in [1.29, 1.82) is 0 Å². The molecule has 0 saturated carbocycles. The molecule has 1 aliphatic rings. The third-order valence-corrected chi connectivity index (χ3v) is 2.71. The van der Waals surface area contributed by atoms with Crippen molar-refractivity contribution in [1.82, 2.24) is 0 Å². The lowest BCUT2D eigenvalue weighted by atomic mass is 10.0. The van der Waals surface area contributed by atoms with E-state index in [-0.39, 0.29) is 11.8 Å². The first kappa shape index (κ1) is 8.30. The maximum absolute atomic E-state index is 11.6. The van der Waals surface area contributed by atoms with Crippen molar-refractivity contribution >= 4 is 11.6 Å². The number of amides is 1. The molecule has 0 fully saturated rings. The van der Waals surface area contributed by atoms with E-state index in [2.05, 4.69) is 18.2 Å². The molecule has 13 heavy (non-hydrogen) atoms. The molecule has 0 radical (unpaired) electrons. The Kier molecular flexibility index (Phi) is 1.65. The number of likely N-dealkylation sites (N-methyl/N-ethyl adjacent to an activating group) is 1. The maximum atomic E-state index is 11.6. The monoisotopic (exact) mass is 175 g/mol. The van der Waals surface area contributed by atoms with E-state index >= 15 is 0 Å². The van der Waals surface area contributed by atoms with Crippen molar-refractivity contribution in [2.24, 2.45) is 0 Å². The van der Waals surface area contributed by atoms with Crippen molar-refractivity contribution in [2.75, 3.05) is 11.9 Å². The lowest BCUT2D eigenvalue weighted by molar-refractivity contribution is -0.118. The van der Waals surface area contributed by atoms with Crippen LogP contribution < -0.4 is 4.90 Å². The molecule has 0 unspecified atom stereocenters. The average Bonchev–Trinajstić information content (AvgIpc) is 2.32. The van der Waals surface area contributed by atoms with Crippen LogP contribution in [0.25, 0.3) is 0 Å². The van der Waals surface area contributed by atoms with E-state index in [0.29, 0.717) is 0 Å². The number of hydrogen-bond acceptors (Lipinski definition) is 1. The lowest BCUT2D eigenvalue weighted by Crippen LogP contribution is -2.22. The van der Waals surface area contributed by atoms with Crippen LogP contribution in [-0.2, 0) is 4.79 Å². The topological polar surface area (TPSA) is 20.3 Å². The Morgan fingerprint density at radius 1 is 1.38 bits per heavy atom. The largest absolute Gasteiger partial charge is 0.315 e. The number of hydrogen-bond donors (Lipinski definition) is 0. The summed E-state index contributed by atoms with van der Waals surface area (Å²) in [5.41, 5.74) is 3.42. The molecule has 0 aliphatic carbocycles. The van der Waals surface area contributed by atoms with E-state index in [1.807, 2.05) is 20.9 Å². The number of fused-ring (bicyclic) bond motifs is 1. The average molecular weight is 175 g/mol. The SMILES string of the molecule is Cc1ccc2c(c1)N(C)C(=O)[C@@H]2C. The highest BCUT2D eigenvalue weighted by Crippen LogP contribution is 2.36. The van der Waals surface area contributed by atoms with Gasteiger partial charge in [0.25, 0.3) is 0 Å². The van der Waals surface area contributed by atoms with Gasteiger partial charge in [0.2, 0.25) is 5.91 Å². The summed E-state index contributed by atoms with van der Waals surface area (Å²) in [6, 6.07) is 6.18. The van der Waals surface area contributed by atoms with Gasteiger partial charge in [-0.2, -0.15) is 0 Å². The molecule has 1 aromatic rings. The van der Waals surface area contributed by atoms with Gasteiger partial charge in [-0.15, -0.1) is 0 Å². The Balaban J connectivity index is 2.60. The molecular formula is C11H13NO. The number of carbonyl (C=O) groups is 1. The van der Waals surface area contributed by atoms with E-state index in [0.717, 1.165) is 11.3 Å². The third kappa shape index (κ3) is 1.05. The molecule has 1 aromatic carbocycles. The molecule has 0 saturated heterocycles. The molecule has 2 nitrogen and oxygen atoms in total. The number of anilines is 1. The fourth-order valence-corrected chi connectivity index (χ4v) is 1.85. The number of aryl methyl sites for hydroxylation is 1. The molecule has 2 heteroatoms. The van der Waals surface area contributed by atoms with Crippen LogP contribution in [0.1, 0.15) is 24.0 Å². The van der Waals surface area contributed by atoms with Gasteiger partial charge in [0.15, 0.2) is 0 Å². The molecule has 0 aromatic heterocycles. The quantitative estimate of drug-likeness (QED) is 0.591.